The molecule has 3 N–H and O–H groups in total. The molecule has 36 heavy (non-hydrogen) atoms. The summed E-state index contributed by atoms with van der Waals surface area (Å²) in [5, 5.41) is 10.1. The van der Waals surface area contributed by atoms with Gasteiger partial charge in [0.05, 0.1) is 12.6 Å². The highest BCUT2D eigenvalue weighted by Gasteiger charge is 2.31. The Balaban J connectivity index is 1.18. The summed E-state index contributed by atoms with van der Waals surface area (Å²) in [6.45, 7) is 3.87. The predicted octanol–water partition coefficient (Wildman–Crippen LogP) is 5.78. The first-order valence-corrected chi connectivity index (χ1v) is 12.7. The maximum atomic E-state index is 13.3. The van der Waals surface area contributed by atoms with Gasteiger partial charge in [0.2, 0.25) is 0 Å². The number of ether oxygens (including phenoxy) is 1. The molecule has 1 saturated heterocycles. The van der Waals surface area contributed by atoms with Crippen molar-refractivity contribution in [1.82, 2.24) is 5.32 Å². The van der Waals surface area contributed by atoms with E-state index in [1.807, 2.05) is 31.2 Å². The number of hydrogen-bond acceptors (Lipinski definition) is 4. The summed E-state index contributed by atoms with van der Waals surface area (Å²) in [4.78, 5) is 13.0. The van der Waals surface area contributed by atoms with E-state index in [0.29, 0.717) is 12.6 Å². The van der Waals surface area contributed by atoms with Crippen LogP contribution in [0.5, 0.6) is 5.75 Å². The zero-order valence-electron chi connectivity index (χ0n) is 20.4. The third-order valence-corrected chi connectivity index (χ3v) is 7.59. The van der Waals surface area contributed by atoms with Crippen LogP contribution < -0.4 is 20.7 Å². The van der Waals surface area contributed by atoms with Crippen molar-refractivity contribution in [2.75, 3.05) is 23.8 Å². The number of rotatable bonds is 6. The average molecular weight is 484 g/mol. The Bertz CT molecular complexity index is 1340. The number of amides is 1. The molecule has 2 atom stereocenters. The van der Waals surface area contributed by atoms with Crippen LogP contribution in [0.15, 0.2) is 66.2 Å². The maximum absolute atomic E-state index is 13.3. The van der Waals surface area contributed by atoms with Gasteiger partial charge < -0.3 is 20.7 Å². The molecular formula is C30H30FN3O2. The number of halogens is 1. The standard InChI is InChI=1S/C30H30FN3O2/c1-18(27-17-21-15-24(9-11-26(21)33-27)36-14-12-23-3-2-13-32-23)29-25-10-6-20(16-28(25)34-30(29)35)19-4-7-22(31)8-5-19/h4-11,15-16,23,27,32-33H,2-3,12-14,17H2,1H3,(H,34,35)/b29-18-. The number of anilines is 2. The fourth-order valence-electron chi connectivity index (χ4n) is 5.57. The summed E-state index contributed by atoms with van der Waals surface area (Å²) in [5.74, 6) is 0.553. The lowest BCUT2D eigenvalue weighted by Gasteiger charge is -2.15. The number of fused-ring (bicyclic) bond motifs is 2. The summed E-state index contributed by atoms with van der Waals surface area (Å²) >= 11 is 0. The molecule has 184 valence electrons. The minimum atomic E-state index is -0.265. The molecule has 6 heteroatoms. The van der Waals surface area contributed by atoms with Gasteiger partial charge in [-0.15, -0.1) is 0 Å². The van der Waals surface area contributed by atoms with Gasteiger partial charge in [-0.1, -0.05) is 24.3 Å². The number of benzene rings is 3. The van der Waals surface area contributed by atoms with Gasteiger partial charge in [0, 0.05) is 28.6 Å². The largest absolute Gasteiger partial charge is 0.494 e. The molecule has 0 spiro atoms. The maximum Gasteiger partial charge on any atom is 0.256 e. The fourth-order valence-corrected chi connectivity index (χ4v) is 5.57. The molecule has 5 nitrogen and oxygen atoms in total. The normalized spacial score (nSPS) is 21.6. The molecule has 0 radical (unpaired) electrons. The fraction of sp³-hybridized carbons (Fsp3) is 0.300. The molecule has 3 aliphatic heterocycles. The van der Waals surface area contributed by atoms with Gasteiger partial charge in [0.15, 0.2) is 0 Å². The molecule has 0 saturated carbocycles. The molecule has 3 aromatic rings. The Kier molecular flexibility index (Phi) is 5.97. The van der Waals surface area contributed by atoms with Crippen LogP contribution in [-0.2, 0) is 11.2 Å². The molecule has 6 rings (SSSR count). The lowest BCUT2D eigenvalue weighted by Crippen LogP contribution is -2.23. The van der Waals surface area contributed by atoms with Crippen molar-refractivity contribution in [1.29, 1.82) is 0 Å². The van der Waals surface area contributed by atoms with Gasteiger partial charge in [0.1, 0.15) is 11.6 Å². The van der Waals surface area contributed by atoms with E-state index in [1.165, 1.54) is 30.5 Å². The first-order valence-electron chi connectivity index (χ1n) is 12.7. The van der Waals surface area contributed by atoms with Crippen LogP contribution >= 0.6 is 0 Å². The van der Waals surface area contributed by atoms with E-state index >= 15 is 0 Å². The van der Waals surface area contributed by atoms with Crippen molar-refractivity contribution >= 4 is 22.9 Å². The van der Waals surface area contributed by atoms with E-state index in [0.717, 1.165) is 64.3 Å². The lowest BCUT2D eigenvalue weighted by molar-refractivity contribution is -0.110. The quantitative estimate of drug-likeness (QED) is 0.389. The number of hydrogen-bond donors (Lipinski definition) is 3. The average Bonchev–Trinajstić information content (AvgIpc) is 3.61. The minimum Gasteiger partial charge on any atom is -0.494 e. The molecule has 3 aliphatic rings. The highest BCUT2D eigenvalue weighted by Crippen LogP contribution is 2.40. The second-order valence-electron chi connectivity index (χ2n) is 9.93. The molecule has 2 unspecified atom stereocenters. The van der Waals surface area contributed by atoms with Gasteiger partial charge in [-0.3, -0.25) is 4.79 Å². The lowest BCUT2D eigenvalue weighted by atomic mass is 9.94. The Morgan fingerprint density at radius 2 is 1.86 bits per heavy atom. The van der Waals surface area contributed by atoms with Gasteiger partial charge in [-0.05, 0) is 97.8 Å². The van der Waals surface area contributed by atoms with E-state index in [1.54, 1.807) is 12.1 Å². The third-order valence-electron chi connectivity index (χ3n) is 7.59. The van der Waals surface area contributed by atoms with Crippen molar-refractivity contribution in [3.63, 3.8) is 0 Å². The zero-order valence-corrected chi connectivity index (χ0v) is 20.4. The van der Waals surface area contributed by atoms with Crippen molar-refractivity contribution in [3.05, 3.63) is 83.2 Å². The Hall–Kier alpha value is -3.64. The van der Waals surface area contributed by atoms with E-state index in [9.17, 15) is 9.18 Å². The highest BCUT2D eigenvalue weighted by molar-refractivity contribution is 6.32. The third kappa shape index (κ3) is 4.37. The number of nitrogens with one attached hydrogen (secondary N) is 3. The van der Waals surface area contributed by atoms with E-state index in [-0.39, 0.29) is 17.8 Å². The topological polar surface area (TPSA) is 62.4 Å². The van der Waals surface area contributed by atoms with Crippen LogP contribution in [0, 0.1) is 5.82 Å². The van der Waals surface area contributed by atoms with E-state index in [4.69, 9.17) is 4.74 Å². The first-order chi connectivity index (χ1) is 17.5. The zero-order chi connectivity index (χ0) is 24.6. The van der Waals surface area contributed by atoms with Crippen molar-refractivity contribution in [2.45, 2.75) is 44.7 Å². The predicted molar refractivity (Wildman–Crippen MR) is 142 cm³/mol. The molecule has 1 amide bonds. The van der Waals surface area contributed by atoms with Gasteiger partial charge in [0.25, 0.3) is 5.91 Å². The summed E-state index contributed by atoms with van der Waals surface area (Å²) in [6.07, 6.45) is 4.32. The van der Waals surface area contributed by atoms with Crippen LogP contribution in [0.25, 0.3) is 16.7 Å². The van der Waals surface area contributed by atoms with E-state index < -0.39 is 0 Å². The summed E-state index contributed by atoms with van der Waals surface area (Å²) in [6, 6.07) is 19.2. The molecule has 0 bridgehead atoms. The second-order valence-corrected chi connectivity index (χ2v) is 9.93. The van der Waals surface area contributed by atoms with Crippen LogP contribution in [0.4, 0.5) is 15.8 Å². The Labute approximate surface area is 210 Å². The second kappa shape index (κ2) is 9.43. The van der Waals surface area contributed by atoms with Gasteiger partial charge in [-0.2, -0.15) is 0 Å². The van der Waals surface area contributed by atoms with Crippen molar-refractivity contribution in [2.24, 2.45) is 0 Å². The van der Waals surface area contributed by atoms with Crippen LogP contribution in [0.3, 0.4) is 0 Å². The van der Waals surface area contributed by atoms with Crippen molar-refractivity contribution < 1.29 is 13.9 Å². The first kappa shape index (κ1) is 22.8. The minimum absolute atomic E-state index is 0.0430. The van der Waals surface area contributed by atoms with Crippen molar-refractivity contribution in [3.8, 4) is 16.9 Å². The molecule has 3 heterocycles. The molecular weight excluding hydrogens is 453 g/mol. The molecule has 3 aromatic carbocycles. The number of carbonyl (C=O) groups is 1. The molecule has 0 aliphatic carbocycles. The molecule has 0 aromatic heterocycles. The summed E-state index contributed by atoms with van der Waals surface area (Å²) < 4.78 is 19.4. The van der Waals surface area contributed by atoms with Crippen LogP contribution in [-0.4, -0.2) is 31.1 Å². The van der Waals surface area contributed by atoms with Gasteiger partial charge >= 0.3 is 0 Å². The Morgan fingerprint density at radius 1 is 1.03 bits per heavy atom. The van der Waals surface area contributed by atoms with Crippen LogP contribution in [0.2, 0.25) is 0 Å². The van der Waals surface area contributed by atoms with Crippen LogP contribution in [0.1, 0.15) is 37.3 Å². The number of carbonyl (C=O) groups excluding carboxylic acids is 1. The van der Waals surface area contributed by atoms with Gasteiger partial charge in [-0.25, -0.2) is 4.39 Å². The molecule has 1 fully saturated rings. The highest BCUT2D eigenvalue weighted by atomic mass is 19.1. The smallest absolute Gasteiger partial charge is 0.256 e. The SMILES string of the molecule is C/C(=C1/C(=O)Nc2cc(-c3ccc(F)cc3)ccc21)C1Cc2cc(OCCC3CCCN3)ccc2N1. The van der Waals surface area contributed by atoms with E-state index in [2.05, 4.69) is 28.1 Å². The summed E-state index contributed by atoms with van der Waals surface area (Å²) in [5.41, 5.74) is 7.60. The summed E-state index contributed by atoms with van der Waals surface area (Å²) in [7, 11) is 0. The monoisotopic (exact) mass is 483 g/mol. The Morgan fingerprint density at radius 3 is 2.67 bits per heavy atom.